The van der Waals surface area contributed by atoms with Gasteiger partial charge in [0.1, 0.15) is 23.7 Å². The zero-order valence-electron chi connectivity index (χ0n) is 20.6. The van der Waals surface area contributed by atoms with Crippen LogP contribution < -0.4 is 9.47 Å². The first-order valence-corrected chi connectivity index (χ1v) is 13.4. The van der Waals surface area contributed by atoms with Crippen molar-refractivity contribution in [2.75, 3.05) is 0 Å². The minimum Gasteiger partial charge on any atom is -0.461 e. The van der Waals surface area contributed by atoms with Crippen molar-refractivity contribution in [1.82, 2.24) is 0 Å². The lowest BCUT2D eigenvalue weighted by Crippen LogP contribution is -2.07. The second-order valence-electron chi connectivity index (χ2n) is 9.77. The van der Waals surface area contributed by atoms with E-state index in [-0.39, 0.29) is 24.8 Å². The lowest BCUT2D eigenvalue weighted by atomic mass is 10.0. The average Bonchev–Trinajstić information content (AvgIpc) is 3.79. The second-order valence-corrected chi connectivity index (χ2v) is 9.77. The normalized spacial score (nSPS) is 23.4. The highest BCUT2D eigenvalue weighted by Gasteiger charge is 2.43. The lowest BCUT2D eigenvalue weighted by molar-refractivity contribution is 0.179. The number of unbranched alkanes of at least 4 members (excludes halogenated alkanes) is 6. The molecule has 0 aromatic heterocycles. The second kappa shape index (κ2) is 11.0. The minimum atomic E-state index is -0.153. The zero-order valence-corrected chi connectivity index (χ0v) is 20.6. The van der Waals surface area contributed by atoms with E-state index in [4.69, 9.17) is 18.9 Å². The molecule has 4 atom stereocenters. The van der Waals surface area contributed by atoms with Crippen LogP contribution in [-0.4, -0.2) is 24.8 Å². The van der Waals surface area contributed by atoms with Gasteiger partial charge in [-0.15, -0.1) is 0 Å². The molecule has 0 saturated carbocycles. The van der Waals surface area contributed by atoms with E-state index in [0.717, 1.165) is 45.9 Å². The van der Waals surface area contributed by atoms with E-state index in [1.165, 1.54) is 51.4 Å². The molecule has 0 amide bonds. The van der Waals surface area contributed by atoms with Crippen molar-refractivity contribution in [2.24, 2.45) is 0 Å². The van der Waals surface area contributed by atoms with Crippen LogP contribution in [0.25, 0.3) is 21.5 Å². The van der Waals surface area contributed by atoms with Crippen LogP contribution in [0, 0.1) is 0 Å². The molecule has 0 radical (unpaired) electrons. The summed E-state index contributed by atoms with van der Waals surface area (Å²) in [6.07, 6.45) is 12.3. The Hall–Kier alpha value is -2.30. The molecule has 4 heteroatoms. The van der Waals surface area contributed by atoms with Crippen LogP contribution in [0.5, 0.6) is 11.5 Å². The Morgan fingerprint density at radius 2 is 0.941 bits per heavy atom. The van der Waals surface area contributed by atoms with Crippen molar-refractivity contribution in [2.45, 2.75) is 103 Å². The van der Waals surface area contributed by atoms with Gasteiger partial charge in [0, 0.05) is 21.5 Å². The summed E-state index contributed by atoms with van der Waals surface area (Å²) >= 11 is 0. The zero-order chi connectivity index (χ0) is 23.3. The maximum Gasteiger partial charge on any atom is 0.227 e. The van der Waals surface area contributed by atoms with Gasteiger partial charge >= 0.3 is 0 Å². The van der Waals surface area contributed by atoms with Gasteiger partial charge in [-0.1, -0.05) is 114 Å². The third-order valence-corrected chi connectivity index (χ3v) is 7.06. The van der Waals surface area contributed by atoms with Gasteiger partial charge in [0.05, 0.1) is 0 Å². The smallest absolute Gasteiger partial charge is 0.227 e. The average molecular weight is 463 g/mol. The SMILES string of the molecule is CCCCCCC1OC1Oc1c2ccccc2c(OC2OC2CCCCCC)c2ccccc12. The van der Waals surface area contributed by atoms with E-state index in [1.807, 2.05) is 0 Å². The first-order valence-electron chi connectivity index (χ1n) is 13.4. The molecule has 5 rings (SSSR count). The van der Waals surface area contributed by atoms with Crippen LogP contribution in [0.3, 0.4) is 0 Å². The Labute approximate surface area is 203 Å². The predicted molar refractivity (Wildman–Crippen MR) is 138 cm³/mol. The van der Waals surface area contributed by atoms with Crippen LogP contribution >= 0.6 is 0 Å². The van der Waals surface area contributed by atoms with E-state index in [0.29, 0.717) is 0 Å². The van der Waals surface area contributed by atoms with Gasteiger partial charge < -0.3 is 18.9 Å². The molecule has 4 unspecified atom stereocenters. The third kappa shape index (κ3) is 5.34. The topological polar surface area (TPSA) is 43.5 Å². The van der Waals surface area contributed by atoms with E-state index < -0.39 is 0 Å². The van der Waals surface area contributed by atoms with Crippen LogP contribution in [0.4, 0.5) is 0 Å². The van der Waals surface area contributed by atoms with Crippen molar-refractivity contribution >= 4 is 21.5 Å². The summed E-state index contributed by atoms with van der Waals surface area (Å²) in [4.78, 5) is 0. The molecule has 2 aliphatic heterocycles. The largest absolute Gasteiger partial charge is 0.461 e. The van der Waals surface area contributed by atoms with E-state index >= 15 is 0 Å². The van der Waals surface area contributed by atoms with Crippen molar-refractivity contribution in [3.8, 4) is 11.5 Å². The van der Waals surface area contributed by atoms with E-state index in [9.17, 15) is 0 Å². The summed E-state index contributed by atoms with van der Waals surface area (Å²) in [5, 5.41) is 4.27. The van der Waals surface area contributed by atoms with Crippen LogP contribution in [0.2, 0.25) is 0 Å². The molecule has 2 aliphatic rings. The molecular weight excluding hydrogens is 424 g/mol. The van der Waals surface area contributed by atoms with Gasteiger partial charge in [-0.05, 0) is 12.8 Å². The molecule has 3 aromatic rings. The molecule has 2 saturated heterocycles. The number of epoxide rings is 2. The summed E-state index contributed by atoms with van der Waals surface area (Å²) < 4.78 is 24.8. The summed E-state index contributed by atoms with van der Waals surface area (Å²) in [5.74, 6) is 1.79. The number of hydrogen-bond donors (Lipinski definition) is 0. The van der Waals surface area contributed by atoms with Crippen LogP contribution in [-0.2, 0) is 9.47 Å². The summed E-state index contributed by atoms with van der Waals surface area (Å²) in [6.45, 7) is 4.48. The van der Waals surface area contributed by atoms with Gasteiger partial charge in [0.2, 0.25) is 12.6 Å². The standard InChI is InChI=1S/C30H38O4/c1-3-5-7-9-19-25-29(31-25)33-27-21-15-11-13-17-23(21)28(24-18-14-12-16-22(24)27)34-30-26(32-30)20-10-8-6-4-2/h11-18,25-26,29-30H,3-10,19-20H2,1-2H3. The first kappa shape index (κ1) is 23.4. The Morgan fingerprint density at radius 3 is 1.29 bits per heavy atom. The Morgan fingerprint density at radius 1 is 0.559 bits per heavy atom. The van der Waals surface area contributed by atoms with Crippen LogP contribution in [0.1, 0.15) is 78.1 Å². The molecule has 34 heavy (non-hydrogen) atoms. The molecule has 4 nitrogen and oxygen atoms in total. The highest BCUT2D eigenvalue weighted by atomic mass is 16.8. The van der Waals surface area contributed by atoms with Gasteiger partial charge in [0.25, 0.3) is 0 Å². The molecule has 0 N–H and O–H groups in total. The van der Waals surface area contributed by atoms with Crippen LogP contribution in [0.15, 0.2) is 48.5 Å². The fourth-order valence-corrected chi connectivity index (χ4v) is 4.95. The first-order chi connectivity index (χ1) is 16.8. The predicted octanol–water partition coefficient (Wildman–Crippen LogP) is 8.14. The Bertz CT molecular complexity index is 951. The number of ether oxygens (including phenoxy) is 4. The fourth-order valence-electron chi connectivity index (χ4n) is 4.95. The van der Waals surface area contributed by atoms with Crippen molar-refractivity contribution in [1.29, 1.82) is 0 Å². The van der Waals surface area contributed by atoms with E-state index in [1.54, 1.807) is 0 Å². The summed E-state index contributed by atoms with van der Waals surface area (Å²) in [7, 11) is 0. The molecule has 2 heterocycles. The number of benzene rings is 3. The molecule has 3 aromatic carbocycles. The van der Waals surface area contributed by atoms with Gasteiger partial charge in [-0.3, -0.25) is 0 Å². The Balaban J connectivity index is 1.35. The summed E-state index contributed by atoms with van der Waals surface area (Å²) in [6, 6.07) is 16.7. The molecule has 0 spiro atoms. The number of rotatable bonds is 14. The maximum atomic E-state index is 6.49. The highest BCUT2D eigenvalue weighted by molar-refractivity contribution is 6.11. The Kier molecular flexibility index (Phi) is 7.56. The summed E-state index contributed by atoms with van der Waals surface area (Å²) in [5.41, 5.74) is 0. The van der Waals surface area contributed by atoms with E-state index in [2.05, 4.69) is 62.4 Å². The van der Waals surface area contributed by atoms with Gasteiger partial charge in [-0.25, -0.2) is 0 Å². The minimum absolute atomic E-state index is 0.153. The number of fused-ring (bicyclic) bond motifs is 2. The van der Waals surface area contributed by atoms with Gasteiger partial charge in [0.15, 0.2) is 0 Å². The fraction of sp³-hybridized carbons (Fsp3) is 0.533. The van der Waals surface area contributed by atoms with Crippen molar-refractivity contribution in [3.63, 3.8) is 0 Å². The molecule has 0 aliphatic carbocycles. The number of hydrogen-bond acceptors (Lipinski definition) is 4. The molecule has 2 fully saturated rings. The quantitative estimate of drug-likeness (QED) is 0.138. The lowest BCUT2D eigenvalue weighted by Gasteiger charge is -2.16. The molecule has 182 valence electrons. The molecule has 0 bridgehead atoms. The van der Waals surface area contributed by atoms with Gasteiger partial charge in [-0.2, -0.15) is 0 Å². The monoisotopic (exact) mass is 462 g/mol. The van der Waals surface area contributed by atoms with Crippen molar-refractivity contribution in [3.05, 3.63) is 48.5 Å². The third-order valence-electron chi connectivity index (χ3n) is 7.06. The molecular formula is C30H38O4. The maximum absolute atomic E-state index is 6.49. The van der Waals surface area contributed by atoms with Crippen molar-refractivity contribution < 1.29 is 18.9 Å². The highest BCUT2D eigenvalue weighted by Crippen LogP contribution is 2.46.